The van der Waals surface area contributed by atoms with E-state index in [0.717, 1.165) is 16.1 Å². The Hall–Kier alpha value is -3.39. The number of halogens is 1. The first kappa shape index (κ1) is 18.0. The lowest BCUT2D eigenvalue weighted by atomic mass is 10.1. The molecule has 3 heterocycles. The molecule has 28 heavy (non-hydrogen) atoms. The first-order valence-electron chi connectivity index (χ1n) is 8.53. The molecule has 8 heteroatoms. The van der Waals surface area contributed by atoms with Crippen molar-refractivity contribution < 1.29 is 9.18 Å². The number of thiophene rings is 1. The van der Waals surface area contributed by atoms with Gasteiger partial charge < -0.3 is 5.32 Å². The molecule has 1 N–H and O–H groups in total. The molecule has 0 aliphatic carbocycles. The van der Waals surface area contributed by atoms with Gasteiger partial charge in [0.25, 0.3) is 5.91 Å². The number of carbonyl (C=O) groups excluding carboxylic acids is 1. The van der Waals surface area contributed by atoms with Crippen LogP contribution >= 0.6 is 11.3 Å². The van der Waals surface area contributed by atoms with E-state index in [1.165, 1.54) is 18.5 Å². The molecule has 0 spiro atoms. The highest BCUT2D eigenvalue weighted by atomic mass is 32.1. The number of carbonyl (C=O) groups is 1. The third-order valence-electron chi connectivity index (χ3n) is 4.18. The molecule has 0 fully saturated rings. The van der Waals surface area contributed by atoms with Crippen LogP contribution in [0.1, 0.15) is 16.2 Å². The van der Waals surface area contributed by atoms with Gasteiger partial charge in [-0.15, -0.1) is 11.3 Å². The quantitative estimate of drug-likeness (QED) is 0.561. The molecule has 0 radical (unpaired) electrons. The van der Waals surface area contributed by atoms with Gasteiger partial charge in [0.2, 0.25) is 0 Å². The van der Waals surface area contributed by atoms with Gasteiger partial charge in [-0.1, -0.05) is 6.07 Å². The summed E-state index contributed by atoms with van der Waals surface area (Å²) < 4.78 is 14.7. The van der Waals surface area contributed by atoms with Crippen LogP contribution in [0, 0.1) is 5.82 Å². The zero-order chi connectivity index (χ0) is 19.5. The standard InChI is InChI=1S/C20H16FN5OS/c1-26-18(10-17(25-26)19-3-2-8-28-19)20(27)22-11-15-9-16(24-12-23-15)13-4-6-14(21)7-5-13/h2-10,12H,11H2,1H3,(H,22,27). The maximum Gasteiger partial charge on any atom is 0.269 e. The van der Waals surface area contributed by atoms with Gasteiger partial charge in [0.05, 0.1) is 22.8 Å². The number of rotatable bonds is 5. The van der Waals surface area contributed by atoms with Crippen molar-refractivity contribution in [2.75, 3.05) is 0 Å². The Morgan fingerprint density at radius 2 is 1.96 bits per heavy atom. The fourth-order valence-corrected chi connectivity index (χ4v) is 3.44. The third kappa shape index (κ3) is 3.81. The van der Waals surface area contributed by atoms with Crippen molar-refractivity contribution in [2.24, 2.45) is 7.05 Å². The smallest absolute Gasteiger partial charge is 0.269 e. The van der Waals surface area contributed by atoms with Crippen LogP contribution in [0.4, 0.5) is 4.39 Å². The Morgan fingerprint density at radius 3 is 2.71 bits per heavy atom. The summed E-state index contributed by atoms with van der Waals surface area (Å²) in [6.07, 6.45) is 1.43. The van der Waals surface area contributed by atoms with Gasteiger partial charge in [-0.2, -0.15) is 5.10 Å². The lowest BCUT2D eigenvalue weighted by molar-refractivity contribution is 0.0941. The van der Waals surface area contributed by atoms with Crippen LogP contribution in [-0.2, 0) is 13.6 Å². The van der Waals surface area contributed by atoms with Crippen LogP contribution in [0.25, 0.3) is 21.8 Å². The number of hydrogen-bond donors (Lipinski definition) is 1. The van der Waals surface area contributed by atoms with Crippen molar-refractivity contribution in [3.05, 3.63) is 77.4 Å². The summed E-state index contributed by atoms with van der Waals surface area (Å²) in [4.78, 5) is 22.0. The van der Waals surface area contributed by atoms with E-state index < -0.39 is 0 Å². The van der Waals surface area contributed by atoms with Gasteiger partial charge in [-0.05, 0) is 47.8 Å². The summed E-state index contributed by atoms with van der Waals surface area (Å²) in [6, 6.07) is 13.5. The molecule has 4 rings (SSSR count). The molecule has 4 aromatic rings. The predicted octanol–water partition coefficient (Wildman–Crippen LogP) is 3.67. The Kier molecular flexibility index (Phi) is 4.94. The number of amides is 1. The molecule has 1 amide bonds. The molecular formula is C20H16FN5OS. The van der Waals surface area contributed by atoms with Crippen LogP contribution in [-0.4, -0.2) is 25.7 Å². The molecule has 0 aliphatic rings. The van der Waals surface area contributed by atoms with Gasteiger partial charge in [-0.3, -0.25) is 9.48 Å². The number of nitrogens with one attached hydrogen (secondary N) is 1. The number of benzene rings is 1. The van der Waals surface area contributed by atoms with E-state index in [9.17, 15) is 9.18 Å². The number of aryl methyl sites for hydroxylation is 1. The van der Waals surface area contributed by atoms with Crippen molar-refractivity contribution in [1.29, 1.82) is 0 Å². The maximum atomic E-state index is 13.1. The molecule has 6 nitrogen and oxygen atoms in total. The number of nitrogens with zero attached hydrogens (tertiary/aromatic N) is 4. The van der Waals surface area contributed by atoms with Crippen molar-refractivity contribution in [1.82, 2.24) is 25.1 Å². The minimum atomic E-state index is -0.302. The Morgan fingerprint density at radius 1 is 1.14 bits per heavy atom. The summed E-state index contributed by atoms with van der Waals surface area (Å²) in [5.74, 6) is -0.539. The molecule has 0 aliphatic heterocycles. The fourth-order valence-electron chi connectivity index (χ4n) is 2.76. The average molecular weight is 393 g/mol. The molecule has 3 aromatic heterocycles. The highest BCUT2D eigenvalue weighted by molar-refractivity contribution is 7.13. The minimum absolute atomic E-state index is 0.236. The van der Waals surface area contributed by atoms with Gasteiger partial charge in [0.1, 0.15) is 23.5 Å². The summed E-state index contributed by atoms with van der Waals surface area (Å²) in [5.41, 5.74) is 3.34. The first-order valence-corrected chi connectivity index (χ1v) is 9.41. The van der Waals surface area contributed by atoms with Gasteiger partial charge in [-0.25, -0.2) is 14.4 Å². The second-order valence-electron chi connectivity index (χ2n) is 6.10. The monoisotopic (exact) mass is 393 g/mol. The molecule has 1 aromatic carbocycles. The maximum absolute atomic E-state index is 13.1. The lowest BCUT2D eigenvalue weighted by Crippen LogP contribution is -2.25. The number of hydrogen-bond acceptors (Lipinski definition) is 5. The van der Waals surface area contributed by atoms with Crippen LogP contribution in [0.15, 0.2) is 60.2 Å². The highest BCUT2D eigenvalue weighted by Gasteiger charge is 2.15. The minimum Gasteiger partial charge on any atom is -0.345 e. The van der Waals surface area contributed by atoms with Gasteiger partial charge in [0.15, 0.2) is 0 Å². The largest absolute Gasteiger partial charge is 0.345 e. The summed E-state index contributed by atoms with van der Waals surface area (Å²) in [7, 11) is 1.74. The van der Waals surface area contributed by atoms with Crippen LogP contribution in [0.5, 0.6) is 0 Å². The Labute approximate surface area is 164 Å². The molecular weight excluding hydrogens is 377 g/mol. The van der Waals surface area contributed by atoms with E-state index in [1.807, 2.05) is 17.5 Å². The zero-order valence-corrected chi connectivity index (χ0v) is 15.8. The van der Waals surface area contributed by atoms with Gasteiger partial charge in [0, 0.05) is 12.6 Å². The van der Waals surface area contributed by atoms with Crippen molar-refractivity contribution in [3.63, 3.8) is 0 Å². The first-order chi connectivity index (χ1) is 13.6. The van der Waals surface area contributed by atoms with E-state index in [-0.39, 0.29) is 18.3 Å². The topological polar surface area (TPSA) is 72.7 Å². The molecule has 0 atom stereocenters. The Balaban J connectivity index is 1.47. The highest BCUT2D eigenvalue weighted by Crippen LogP contribution is 2.24. The molecule has 140 valence electrons. The van der Waals surface area contributed by atoms with Crippen LogP contribution in [0.3, 0.4) is 0 Å². The third-order valence-corrected chi connectivity index (χ3v) is 5.07. The van der Waals surface area contributed by atoms with E-state index >= 15 is 0 Å². The van der Waals surface area contributed by atoms with Crippen LogP contribution in [0.2, 0.25) is 0 Å². The average Bonchev–Trinajstić information content (AvgIpc) is 3.37. The molecule has 0 saturated heterocycles. The zero-order valence-electron chi connectivity index (χ0n) is 15.0. The van der Waals surface area contributed by atoms with Crippen molar-refractivity contribution in [3.8, 4) is 21.8 Å². The lowest BCUT2D eigenvalue weighted by Gasteiger charge is -2.06. The summed E-state index contributed by atoms with van der Waals surface area (Å²) >= 11 is 1.57. The normalized spacial score (nSPS) is 10.8. The predicted molar refractivity (Wildman–Crippen MR) is 105 cm³/mol. The van der Waals surface area contributed by atoms with E-state index in [0.29, 0.717) is 17.1 Å². The Bertz CT molecular complexity index is 1110. The fraction of sp³-hybridized carbons (Fsp3) is 0.100. The number of aromatic nitrogens is 4. The van der Waals surface area contributed by atoms with E-state index in [1.54, 1.807) is 47.3 Å². The summed E-state index contributed by atoms with van der Waals surface area (Å²) in [6.45, 7) is 0.245. The van der Waals surface area contributed by atoms with Crippen molar-refractivity contribution in [2.45, 2.75) is 6.54 Å². The molecule has 0 saturated carbocycles. The van der Waals surface area contributed by atoms with E-state index in [4.69, 9.17) is 0 Å². The molecule has 0 unspecified atom stereocenters. The van der Waals surface area contributed by atoms with E-state index in [2.05, 4.69) is 20.4 Å². The van der Waals surface area contributed by atoms with Crippen LogP contribution < -0.4 is 5.32 Å². The second-order valence-corrected chi connectivity index (χ2v) is 7.05. The summed E-state index contributed by atoms with van der Waals surface area (Å²) in [5, 5.41) is 9.23. The van der Waals surface area contributed by atoms with Crippen molar-refractivity contribution >= 4 is 17.2 Å². The SMILES string of the molecule is Cn1nc(-c2cccs2)cc1C(=O)NCc1cc(-c2ccc(F)cc2)ncn1. The second kappa shape index (κ2) is 7.69. The molecule has 0 bridgehead atoms. The van der Waals surface area contributed by atoms with Gasteiger partial charge >= 0.3 is 0 Å².